The summed E-state index contributed by atoms with van der Waals surface area (Å²) in [6.45, 7) is 3.99. The van der Waals surface area contributed by atoms with Crippen LogP contribution >= 0.6 is 0 Å². The predicted molar refractivity (Wildman–Crippen MR) is 110 cm³/mol. The van der Waals surface area contributed by atoms with Gasteiger partial charge in [-0.15, -0.1) is 0 Å². The number of hydrogen-bond donors (Lipinski definition) is 1. The number of rotatable bonds is 4. The van der Waals surface area contributed by atoms with E-state index in [4.69, 9.17) is 4.74 Å². The molecule has 0 saturated carbocycles. The molecule has 3 heterocycles. The van der Waals surface area contributed by atoms with Gasteiger partial charge >= 0.3 is 6.18 Å². The maximum absolute atomic E-state index is 13.2. The number of halogens is 3. The van der Waals surface area contributed by atoms with Crippen LogP contribution in [-0.2, 0) is 15.7 Å². The average molecular weight is 435 g/mol. The Labute approximate surface area is 178 Å². The van der Waals surface area contributed by atoms with Crippen molar-refractivity contribution in [3.63, 3.8) is 0 Å². The smallest absolute Gasteiger partial charge is 0.378 e. The molecule has 2 fully saturated rings. The molecule has 0 bridgehead atoms. The zero-order valence-electron chi connectivity index (χ0n) is 16.9. The van der Waals surface area contributed by atoms with Gasteiger partial charge in [-0.05, 0) is 25.0 Å². The van der Waals surface area contributed by atoms with E-state index < -0.39 is 11.7 Å². The fourth-order valence-electron chi connectivity index (χ4n) is 4.01. The van der Waals surface area contributed by atoms with Crippen molar-refractivity contribution in [3.05, 3.63) is 42.4 Å². The minimum atomic E-state index is -4.52. The van der Waals surface area contributed by atoms with E-state index in [1.807, 2.05) is 0 Å². The van der Waals surface area contributed by atoms with Gasteiger partial charge in [0, 0.05) is 32.1 Å². The summed E-state index contributed by atoms with van der Waals surface area (Å²) in [7, 11) is 0. The predicted octanol–water partition coefficient (Wildman–Crippen LogP) is 3.19. The van der Waals surface area contributed by atoms with Crippen LogP contribution in [0.2, 0.25) is 0 Å². The van der Waals surface area contributed by atoms with Gasteiger partial charge in [0.15, 0.2) is 5.82 Å². The summed E-state index contributed by atoms with van der Waals surface area (Å²) in [5.41, 5.74) is -0.128. The van der Waals surface area contributed by atoms with E-state index in [1.165, 1.54) is 24.5 Å². The topological polar surface area (TPSA) is 70.6 Å². The number of alkyl halides is 3. The summed E-state index contributed by atoms with van der Waals surface area (Å²) in [5, 5.41) is 2.48. The molecule has 1 aromatic carbocycles. The van der Waals surface area contributed by atoms with Crippen molar-refractivity contribution in [2.45, 2.75) is 19.0 Å². The Balaban J connectivity index is 1.40. The fourth-order valence-corrected chi connectivity index (χ4v) is 4.01. The number of carbonyl (C=O) groups excluding carboxylic acids is 1. The number of aromatic nitrogens is 2. The molecule has 2 aromatic rings. The molecule has 1 amide bonds. The van der Waals surface area contributed by atoms with Gasteiger partial charge in [-0.3, -0.25) is 4.79 Å². The van der Waals surface area contributed by atoms with Crippen LogP contribution in [0.1, 0.15) is 18.4 Å². The fraction of sp³-hybridized carbons (Fsp3) is 0.476. The summed E-state index contributed by atoms with van der Waals surface area (Å²) >= 11 is 0. The van der Waals surface area contributed by atoms with E-state index in [0.29, 0.717) is 39.1 Å². The van der Waals surface area contributed by atoms with Gasteiger partial charge < -0.3 is 19.9 Å². The largest absolute Gasteiger partial charge is 0.418 e. The van der Waals surface area contributed by atoms with Crippen molar-refractivity contribution in [3.8, 4) is 0 Å². The Morgan fingerprint density at radius 3 is 2.48 bits per heavy atom. The Bertz CT molecular complexity index is 910. The Morgan fingerprint density at radius 1 is 1.06 bits per heavy atom. The quantitative estimate of drug-likeness (QED) is 0.796. The molecule has 0 radical (unpaired) electrons. The summed E-state index contributed by atoms with van der Waals surface area (Å²) < 4.78 is 45.0. The standard InChI is InChI=1S/C21H24F3N5O2/c22-21(23,24)16-3-1-2-4-17(16)27-20(30)15-5-7-28(8-6-15)18-13-25-14-26-19(18)29-9-11-31-12-10-29/h1-4,13-15H,5-12H2,(H,27,30). The van der Waals surface area contributed by atoms with Gasteiger partial charge in [-0.2, -0.15) is 13.2 Å². The highest BCUT2D eigenvalue weighted by atomic mass is 19.4. The number of morpholine rings is 1. The molecule has 2 aliphatic heterocycles. The van der Waals surface area contributed by atoms with Crippen molar-refractivity contribution >= 4 is 23.1 Å². The Morgan fingerprint density at radius 2 is 1.77 bits per heavy atom. The molecule has 4 rings (SSSR count). The zero-order chi connectivity index (χ0) is 21.8. The first kappa shape index (κ1) is 21.4. The van der Waals surface area contributed by atoms with Gasteiger partial charge in [0.25, 0.3) is 0 Å². The molecule has 166 valence electrons. The molecule has 1 aromatic heterocycles. The second-order valence-corrected chi connectivity index (χ2v) is 7.62. The molecule has 10 heteroatoms. The van der Waals surface area contributed by atoms with Crippen LogP contribution < -0.4 is 15.1 Å². The normalized spacial score (nSPS) is 18.2. The lowest BCUT2D eigenvalue weighted by Gasteiger charge is -2.36. The summed E-state index contributed by atoms with van der Waals surface area (Å²) in [4.78, 5) is 25.6. The van der Waals surface area contributed by atoms with Crippen LogP contribution in [0.15, 0.2) is 36.8 Å². The highest BCUT2D eigenvalue weighted by Crippen LogP contribution is 2.35. The molecule has 2 aliphatic rings. The van der Waals surface area contributed by atoms with Crippen LogP contribution in [0.4, 0.5) is 30.4 Å². The second kappa shape index (κ2) is 9.09. The average Bonchev–Trinajstić information content (AvgIpc) is 2.79. The molecule has 2 saturated heterocycles. The Kier molecular flexibility index (Phi) is 6.26. The zero-order valence-corrected chi connectivity index (χ0v) is 16.9. The molecule has 0 spiro atoms. The van der Waals surface area contributed by atoms with E-state index in [-0.39, 0.29) is 17.5 Å². The number of piperidine rings is 1. The Hall–Kier alpha value is -2.88. The number of nitrogens with one attached hydrogen (secondary N) is 1. The molecular formula is C21H24F3N5O2. The van der Waals surface area contributed by atoms with Crippen LogP contribution in [0.5, 0.6) is 0 Å². The van der Waals surface area contributed by atoms with Gasteiger partial charge in [0.1, 0.15) is 6.33 Å². The first-order valence-electron chi connectivity index (χ1n) is 10.3. The number of hydrogen-bond acceptors (Lipinski definition) is 6. The van der Waals surface area contributed by atoms with E-state index >= 15 is 0 Å². The van der Waals surface area contributed by atoms with Crippen molar-refractivity contribution in [2.24, 2.45) is 5.92 Å². The summed E-state index contributed by atoms with van der Waals surface area (Å²) in [5.74, 6) is 0.114. The van der Waals surface area contributed by atoms with Gasteiger partial charge in [-0.25, -0.2) is 9.97 Å². The molecule has 31 heavy (non-hydrogen) atoms. The van der Waals surface area contributed by atoms with Gasteiger partial charge in [0.2, 0.25) is 5.91 Å². The SMILES string of the molecule is O=C(Nc1ccccc1C(F)(F)F)C1CCN(c2cncnc2N2CCOCC2)CC1. The summed E-state index contributed by atoms with van der Waals surface area (Å²) in [6.07, 6.45) is -0.143. The van der Waals surface area contributed by atoms with Crippen LogP contribution in [-0.4, -0.2) is 55.3 Å². The first-order chi connectivity index (χ1) is 14.9. The first-order valence-corrected chi connectivity index (χ1v) is 10.3. The number of nitrogens with zero attached hydrogens (tertiary/aromatic N) is 4. The van der Waals surface area contributed by atoms with Crippen LogP contribution in [0.25, 0.3) is 0 Å². The molecular weight excluding hydrogens is 411 g/mol. The van der Waals surface area contributed by atoms with Crippen molar-refractivity contribution in [1.29, 1.82) is 0 Å². The maximum atomic E-state index is 13.2. The van der Waals surface area contributed by atoms with Crippen molar-refractivity contribution in [1.82, 2.24) is 9.97 Å². The lowest BCUT2D eigenvalue weighted by molar-refractivity contribution is -0.137. The molecule has 1 N–H and O–H groups in total. The second-order valence-electron chi connectivity index (χ2n) is 7.62. The maximum Gasteiger partial charge on any atom is 0.418 e. The molecule has 0 atom stereocenters. The van der Waals surface area contributed by atoms with Crippen LogP contribution in [0, 0.1) is 5.92 Å². The van der Waals surface area contributed by atoms with E-state index in [2.05, 4.69) is 25.1 Å². The van der Waals surface area contributed by atoms with E-state index in [0.717, 1.165) is 30.7 Å². The minimum absolute atomic E-state index is 0.200. The number of amides is 1. The third kappa shape index (κ3) is 4.90. The third-order valence-electron chi connectivity index (χ3n) is 5.68. The lowest BCUT2D eigenvalue weighted by Crippen LogP contribution is -2.41. The van der Waals surface area contributed by atoms with E-state index in [9.17, 15) is 18.0 Å². The minimum Gasteiger partial charge on any atom is -0.378 e. The van der Waals surface area contributed by atoms with Crippen molar-refractivity contribution in [2.75, 3.05) is 54.5 Å². The molecule has 7 nitrogen and oxygen atoms in total. The van der Waals surface area contributed by atoms with Crippen molar-refractivity contribution < 1.29 is 22.7 Å². The number of carbonyl (C=O) groups is 1. The number of anilines is 3. The van der Waals surface area contributed by atoms with Gasteiger partial charge in [-0.1, -0.05) is 12.1 Å². The van der Waals surface area contributed by atoms with E-state index in [1.54, 1.807) is 6.20 Å². The number of para-hydroxylation sites is 1. The highest BCUT2D eigenvalue weighted by molar-refractivity contribution is 5.93. The highest BCUT2D eigenvalue weighted by Gasteiger charge is 2.34. The van der Waals surface area contributed by atoms with Crippen LogP contribution in [0.3, 0.4) is 0 Å². The van der Waals surface area contributed by atoms with Gasteiger partial charge in [0.05, 0.1) is 36.3 Å². The number of ether oxygens (including phenoxy) is 1. The molecule has 0 unspecified atom stereocenters. The third-order valence-corrected chi connectivity index (χ3v) is 5.68. The number of benzene rings is 1. The lowest BCUT2D eigenvalue weighted by atomic mass is 9.95. The monoisotopic (exact) mass is 435 g/mol. The summed E-state index contributed by atoms with van der Waals surface area (Å²) in [6, 6.07) is 5.05. The molecule has 0 aliphatic carbocycles.